The Morgan fingerprint density at radius 1 is 1.50 bits per heavy atom. The molecule has 1 rings (SSSR count). The van der Waals surface area contributed by atoms with Gasteiger partial charge in [0.1, 0.15) is 5.71 Å². The molecule has 0 spiro atoms. The number of nitrogens with zero attached hydrogens (tertiary/aromatic N) is 2. The van der Waals surface area contributed by atoms with Crippen LogP contribution in [0.5, 0.6) is 0 Å². The lowest BCUT2D eigenvalue weighted by Gasteiger charge is -2.13. The van der Waals surface area contributed by atoms with E-state index >= 15 is 0 Å². The molecule has 0 aliphatic carbocycles. The Kier molecular flexibility index (Phi) is 2.31. The Balaban J connectivity index is 2.97. The van der Waals surface area contributed by atoms with E-state index in [0.717, 1.165) is 6.21 Å². The third-order valence-electron chi connectivity index (χ3n) is 1.08. The number of halogens is 4. The fourth-order valence-electron chi connectivity index (χ4n) is 0.613. The first-order chi connectivity index (χ1) is 5.41. The van der Waals surface area contributed by atoms with Crippen LogP contribution in [0, 0.1) is 0 Å². The van der Waals surface area contributed by atoms with E-state index in [4.69, 9.17) is 0 Å². The van der Waals surface area contributed by atoms with E-state index in [0.29, 0.717) is 0 Å². The molecule has 0 radical (unpaired) electrons. The van der Waals surface area contributed by atoms with Gasteiger partial charge in [0.05, 0.1) is 4.83 Å². The fraction of sp³-hybridized carbons (Fsp3) is 0.400. The molecule has 0 aromatic rings. The van der Waals surface area contributed by atoms with Crippen LogP contribution in [0.3, 0.4) is 0 Å². The van der Waals surface area contributed by atoms with Crippen molar-refractivity contribution in [3.8, 4) is 0 Å². The molecule has 0 N–H and O–H groups in total. The molecule has 3 nitrogen and oxygen atoms in total. The molecule has 0 aromatic heterocycles. The minimum Gasteiger partial charge on any atom is -0.244 e. The first kappa shape index (κ1) is 9.37. The van der Waals surface area contributed by atoms with Gasteiger partial charge in [-0.25, -0.2) is 9.79 Å². The van der Waals surface area contributed by atoms with Crippen molar-refractivity contribution in [2.45, 2.75) is 11.0 Å². The molecule has 1 atom stereocenters. The van der Waals surface area contributed by atoms with E-state index in [-0.39, 0.29) is 0 Å². The summed E-state index contributed by atoms with van der Waals surface area (Å²) in [6.07, 6.45) is -3.73. The van der Waals surface area contributed by atoms with E-state index in [9.17, 15) is 18.0 Å². The smallest absolute Gasteiger partial charge is 0.244 e. The molecule has 1 aliphatic heterocycles. The summed E-state index contributed by atoms with van der Waals surface area (Å²) in [5, 5.41) is 0. The van der Waals surface area contributed by atoms with Crippen molar-refractivity contribution in [2.24, 2.45) is 9.98 Å². The van der Waals surface area contributed by atoms with Crippen LogP contribution in [0.4, 0.5) is 18.0 Å². The van der Waals surface area contributed by atoms with Crippen molar-refractivity contribution in [2.75, 3.05) is 0 Å². The molecule has 12 heavy (non-hydrogen) atoms. The summed E-state index contributed by atoms with van der Waals surface area (Å²) in [5.41, 5.74) is -1.16. The van der Waals surface area contributed by atoms with Gasteiger partial charge in [-0.2, -0.15) is 18.2 Å². The molecule has 66 valence electrons. The maximum absolute atomic E-state index is 12.0. The topological polar surface area (TPSA) is 41.8 Å². The van der Waals surface area contributed by atoms with E-state index in [1.807, 2.05) is 0 Å². The first-order valence-electron chi connectivity index (χ1n) is 2.79. The molecular weight excluding hydrogens is 241 g/mol. The lowest BCUT2D eigenvalue weighted by Crippen LogP contribution is -2.34. The zero-order valence-electron chi connectivity index (χ0n) is 5.47. The number of carbonyl (C=O) groups excluding carboxylic acids is 1. The predicted octanol–water partition coefficient (Wildman–Crippen LogP) is 1.96. The quantitative estimate of drug-likeness (QED) is 0.599. The van der Waals surface area contributed by atoms with Gasteiger partial charge in [0.15, 0.2) is 0 Å². The predicted molar refractivity (Wildman–Crippen MR) is 40.1 cm³/mol. The Morgan fingerprint density at radius 3 is 2.50 bits per heavy atom. The second-order valence-electron chi connectivity index (χ2n) is 1.96. The molecular formula is C5H2BrF3N2O. The van der Waals surface area contributed by atoms with Crippen LogP contribution in [-0.2, 0) is 0 Å². The second kappa shape index (κ2) is 2.96. The van der Waals surface area contributed by atoms with Gasteiger partial charge >= 0.3 is 12.2 Å². The number of hydrogen-bond donors (Lipinski definition) is 0. The van der Waals surface area contributed by atoms with Crippen molar-refractivity contribution in [3.63, 3.8) is 0 Å². The molecule has 0 saturated heterocycles. The fourth-order valence-corrected chi connectivity index (χ4v) is 1.09. The maximum Gasteiger partial charge on any atom is 0.431 e. The van der Waals surface area contributed by atoms with Crippen LogP contribution in [0.2, 0.25) is 0 Å². The van der Waals surface area contributed by atoms with Crippen LogP contribution in [-0.4, -0.2) is 29.0 Å². The molecule has 7 heteroatoms. The average Bonchev–Trinajstić information content (AvgIpc) is 1.92. The highest BCUT2D eigenvalue weighted by Crippen LogP contribution is 2.24. The maximum atomic E-state index is 12.0. The van der Waals surface area contributed by atoms with Gasteiger partial charge in [-0.05, 0) is 0 Å². The highest BCUT2D eigenvalue weighted by Gasteiger charge is 2.41. The van der Waals surface area contributed by atoms with Crippen LogP contribution in [0.25, 0.3) is 0 Å². The van der Waals surface area contributed by atoms with Gasteiger partial charge in [0, 0.05) is 6.21 Å². The average molecular weight is 243 g/mol. The molecule has 1 unspecified atom stereocenters. The number of aliphatic imine (C=N–C) groups is 2. The van der Waals surface area contributed by atoms with Crippen molar-refractivity contribution in [1.29, 1.82) is 0 Å². The van der Waals surface area contributed by atoms with Crippen LogP contribution in [0.1, 0.15) is 0 Å². The van der Waals surface area contributed by atoms with Gasteiger partial charge < -0.3 is 0 Å². The van der Waals surface area contributed by atoms with Crippen LogP contribution in [0.15, 0.2) is 9.98 Å². The summed E-state index contributed by atoms with van der Waals surface area (Å²) in [6.45, 7) is 0. The molecule has 0 fully saturated rings. The van der Waals surface area contributed by atoms with E-state index in [1.54, 1.807) is 0 Å². The van der Waals surface area contributed by atoms with E-state index in [1.165, 1.54) is 0 Å². The molecule has 2 amide bonds. The highest BCUT2D eigenvalue weighted by molar-refractivity contribution is 9.10. The standard InChI is InChI=1S/C5H2BrF3N2O/c6-2-1-10-4(12)11-3(2)5(7,8)9/h1-2H. The third-order valence-corrected chi connectivity index (χ3v) is 1.75. The lowest BCUT2D eigenvalue weighted by atomic mass is 10.2. The highest BCUT2D eigenvalue weighted by atomic mass is 79.9. The monoisotopic (exact) mass is 242 g/mol. The number of alkyl halides is 4. The lowest BCUT2D eigenvalue weighted by molar-refractivity contribution is -0.0594. The Hall–Kier alpha value is -0.720. The van der Waals surface area contributed by atoms with Gasteiger partial charge in [-0.3, -0.25) is 0 Å². The Labute approximate surface area is 73.5 Å². The molecule has 0 saturated carbocycles. The van der Waals surface area contributed by atoms with Gasteiger partial charge in [0.25, 0.3) is 0 Å². The van der Waals surface area contributed by atoms with Gasteiger partial charge in [0.2, 0.25) is 0 Å². The van der Waals surface area contributed by atoms with Crippen molar-refractivity contribution < 1.29 is 18.0 Å². The molecule has 1 heterocycles. The normalized spacial score (nSPS) is 24.2. The summed E-state index contributed by atoms with van der Waals surface area (Å²) in [5.74, 6) is 0. The number of urea groups is 1. The zero-order chi connectivity index (χ0) is 9.35. The third kappa shape index (κ3) is 1.90. The summed E-state index contributed by atoms with van der Waals surface area (Å²) >= 11 is 2.67. The van der Waals surface area contributed by atoms with Crippen LogP contribution < -0.4 is 0 Å². The van der Waals surface area contributed by atoms with Crippen molar-refractivity contribution in [1.82, 2.24) is 0 Å². The summed E-state index contributed by atoms with van der Waals surface area (Å²) in [7, 11) is 0. The summed E-state index contributed by atoms with van der Waals surface area (Å²) in [6, 6.07) is -1.13. The number of carbonyl (C=O) groups is 1. The number of amides is 2. The van der Waals surface area contributed by atoms with Crippen molar-refractivity contribution >= 4 is 33.9 Å². The molecule has 0 bridgehead atoms. The van der Waals surface area contributed by atoms with Gasteiger partial charge in [-0.15, -0.1) is 0 Å². The SMILES string of the molecule is O=C1N=CC(Br)C(C(F)(F)F)=N1. The molecule has 1 aliphatic rings. The zero-order valence-corrected chi connectivity index (χ0v) is 7.06. The Bertz CT molecular complexity index is 270. The Morgan fingerprint density at radius 2 is 2.08 bits per heavy atom. The summed E-state index contributed by atoms with van der Waals surface area (Å²) in [4.78, 5) is 15.0. The second-order valence-corrected chi connectivity index (χ2v) is 2.94. The van der Waals surface area contributed by atoms with E-state index in [2.05, 4.69) is 25.9 Å². The largest absolute Gasteiger partial charge is 0.431 e. The minimum atomic E-state index is -4.59. The van der Waals surface area contributed by atoms with Crippen LogP contribution >= 0.6 is 15.9 Å². The summed E-state index contributed by atoms with van der Waals surface area (Å²) < 4.78 is 36.0. The van der Waals surface area contributed by atoms with E-state index < -0.39 is 22.7 Å². The number of hydrogen-bond acceptors (Lipinski definition) is 1. The minimum absolute atomic E-state index is 0.859. The molecule has 0 aromatic carbocycles. The first-order valence-corrected chi connectivity index (χ1v) is 3.71. The van der Waals surface area contributed by atoms with Crippen molar-refractivity contribution in [3.05, 3.63) is 0 Å². The van der Waals surface area contributed by atoms with Gasteiger partial charge in [-0.1, -0.05) is 15.9 Å². The number of rotatable bonds is 0.